The summed E-state index contributed by atoms with van der Waals surface area (Å²) in [7, 11) is 1.67. The lowest BCUT2D eigenvalue weighted by molar-refractivity contribution is -0.143. The number of rotatable bonds is 7. The molecule has 19 heavy (non-hydrogen) atoms. The Labute approximate surface area is 114 Å². The molecule has 0 aromatic rings. The van der Waals surface area contributed by atoms with Crippen LogP contribution in [0.2, 0.25) is 0 Å². The van der Waals surface area contributed by atoms with Gasteiger partial charge in [-0.2, -0.15) is 0 Å². The average molecular weight is 272 g/mol. The van der Waals surface area contributed by atoms with Gasteiger partial charge in [0.15, 0.2) is 0 Å². The predicted molar refractivity (Wildman–Crippen MR) is 71.1 cm³/mol. The maximum atomic E-state index is 11.9. The van der Waals surface area contributed by atoms with E-state index >= 15 is 0 Å². The number of piperidine rings is 1. The predicted octanol–water partition coefficient (Wildman–Crippen LogP) is 1.45. The first-order valence-electron chi connectivity index (χ1n) is 6.93. The Morgan fingerprint density at radius 3 is 2.79 bits per heavy atom. The van der Waals surface area contributed by atoms with E-state index in [0.717, 1.165) is 38.7 Å². The first-order chi connectivity index (χ1) is 9.16. The van der Waals surface area contributed by atoms with Crippen molar-refractivity contribution in [2.24, 2.45) is 0 Å². The van der Waals surface area contributed by atoms with Crippen molar-refractivity contribution in [1.29, 1.82) is 0 Å². The van der Waals surface area contributed by atoms with Crippen LogP contribution >= 0.6 is 0 Å². The van der Waals surface area contributed by atoms with Crippen LogP contribution in [0, 0.1) is 0 Å². The number of carboxylic acids is 1. The molecular formula is C13H24N2O4. The van der Waals surface area contributed by atoms with E-state index in [9.17, 15) is 9.59 Å². The molecule has 6 nitrogen and oxygen atoms in total. The minimum Gasteiger partial charge on any atom is -0.480 e. The van der Waals surface area contributed by atoms with Gasteiger partial charge < -0.3 is 20.1 Å². The lowest BCUT2D eigenvalue weighted by atomic mass is 10.0. The summed E-state index contributed by atoms with van der Waals surface area (Å²) < 4.78 is 4.94. The number of amides is 2. The summed E-state index contributed by atoms with van der Waals surface area (Å²) in [5, 5.41) is 11.9. The molecule has 1 aliphatic heterocycles. The van der Waals surface area contributed by atoms with E-state index in [1.54, 1.807) is 7.11 Å². The van der Waals surface area contributed by atoms with Gasteiger partial charge in [0.1, 0.15) is 6.04 Å². The molecule has 0 aliphatic carbocycles. The Morgan fingerprint density at radius 1 is 1.32 bits per heavy atom. The van der Waals surface area contributed by atoms with Crippen LogP contribution in [0.15, 0.2) is 0 Å². The molecule has 1 aliphatic rings. The maximum Gasteiger partial charge on any atom is 0.326 e. The zero-order valence-corrected chi connectivity index (χ0v) is 11.6. The zero-order chi connectivity index (χ0) is 14.1. The molecule has 6 heteroatoms. The highest BCUT2D eigenvalue weighted by Crippen LogP contribution is 2.17. The van der Waals surface area contributed by atoms with E-state index in [-0.39, 0.29) is 6.03 Å². The topological polar surface area (TPSA) is 78.9 Å². The Balaban J connectivity index is 2.25. The average Bonchev–Trinajstić information content (AvgIpc) is 2.42. The highest BCUT2D eigenvalue weighted by Gasteiger charge is 2.31. The molecular weight excluding hydrogens is 248 g/mol. The van der Waals surface area contributed by atoms with Crippen molar-refractivity contribution >= 4 is 12.0 Å². The third-order valence-electron chi connectivity index (χ3n) is 3.35. The van der Waals surface area contributed by atoms with Crippen LogP contribution in [0.1, 0.15) is 38.5 Å². The summed E-state index contributed by atoms with van der Waals surface area (Å²) in [6.07, 6.45) is 5.17. The highest BCUT2D eigenvalue weighted by molar-refractivity contribution is 5.82. The molecule has 2 amide bonds. The second-order valence-corrected chi connectivity index (χ2v) is 4.83. The summed E-state index contributed by atoms with van der Waals surface area (Å²) in [6, 6.07) is -0.916. The van der Waals surface area contributed by atoms with Crippen LogP contribution < -0.4 is 5.32 Å². The molecule has 0 aromatic heterocycles. The normalized spacial score (nSPS) is 19.2. The maximum absolute atomic E-state index is 11.9. The summed E-state index contributed by atoms with van der Waals surface area (Å²) in [5.74, 6) is -0.907. The molecule has 1 fully saturated rings. The van der Waals surface area contributed by atoms with Gasteiger partial charge in [-0.05, 0) is 38.5 Å². The van der Waals surface area contributed by atoms with Gasteiger partial charge in [0.2, 0.25) is 0 Å². The van der Waals surface area contributed by atoms with Gasteiger partial charge in [-0.25, -0.2) is 9.59 Å². The number of carboxylic acid groups (broad SMARTS) is 1. The summed E-state index contributed by atoms with van der Waals surface area (Å²) in [4.78, 5) is 24.5. The number of nitrogens with zero attached hydrogens (tertiary/aromatic N) is 1. The van der Waals surface area contributed by atoms with Crippen LogP contribution in [0.5, 0.6) is 0 Å². The molecule has 0 bridgehead atoms. The molecule has 1 unspecified atom stereocenters. The molecule has 0 spiro atoms. The second-order valence-electron chi connectivity index (χ2n) is 4.83. The summed E-state index contributed by atoms with van der Waals surface area (Å²) in [6.45, 7) is 1.86. The number of hydrogen-bond acceptors (Lipinski definition) is 3. The number of carbonyl (C=O) groups is 2. The molecule has 0 aromatic carbocycles. The van der Waals surface area contributed by atoms with E-state index < -0.39 is 12.0 Å². The van der Waals surface area contributed by atoms with Crippen molar-refractivity contribution in [2.75, 3.05) is 26.8 Å². The Morgan fingerprint density at radius 2 is 2.11 bits per heavy atom. The quantitative estimate of drug-likeness (QED) is 0.688. The fourth-order valence-electron chi connectivity index (χ4n) is 2.28. The fraction of sp³-hybridized carbons (Fsp3) is 0.846. The number of urea groups is 1. The Hall–Kier alpha value is -1.30. The Kier molecular flexibility index (Phi) is 7.25. The van der Waals surface area contributed by atoms with E-state index in [0.29, 0.717) is 19.5 Å². The van der Waals surface area contributed by atoms with Gasteiger partial charge >= 0.3 is 12.0 Å². The van der Waals surface area contributed by atoms with Crippen LogP contribution in [0.3, 0.4) is 0 Å². The van der Waals surface area contributed by atoms with Crippen molar-refractivity contribution in [2.45, 2.75) is 44.6 Å². The number of ether oxygens (including phenoxy) is 1. The van der Waals surface area contributed by atoms with E-state index in [1.165, 1.54) is 4.90 Å². The fourth-order valence-corrected chi connectivity index (χ4v) is 2.28. The van der Waals surface area contributed by atoms with Gasteiger partial charge in [-0.3, -0.25) is 0 Å². The van der Waals surface area contributed by atoms with Crippen LogP contribution in [-0.4, -0.2) is 54.9 Å². The molecule has 2 N–H and O–H groups in total. The molecule has 1 heterocycles. The largest absolute Gasteiger partial charge is 0.480 e. The number of hydrogen-bond donors (Lipinski definition) is 2. The van der Waals surface area contributed by atoms with Crippen molar-refractivity contribution < 1.29 is 19.4 Å². The molecule has 0 radical (unpaired) electrons. The summed E-state index contributed by atoms with van der Waals surface area (Å²) in [5.41, 5.74) is 0. The number of nitrogens with one attached hydrogen (secondary N) is 1. The number of aliphatic carboxylic acids is 1. The number of likely N-dealkylation sites (tertiary alicyclic amines) is 1. The van der Waals surface area contributed by atoms with Crippen molar-refractivity contribution in [3.63, 3.8) is 0 Å². The number of carbonyl (C=O) groups excluding carboxylic acids is 1. The monoisotopic (exact) mass is 272 g/mol. The Bertz CT molecular complexity index is 296. The van der Waals surface area contributed by atoms with Gasteiger partial charge in [-0.15, -0.1) is 0 Å². The second kappa shape index (κ2) is 8.74. The van der Waals surface area contributed by atoms with Gasteiger partial charge in [0.25, 0.3) is 0 Å². The van der Waals surface area contributed by atoms with Crippen LogP contribution in [0.25, 0.3) is 0 Å². The molecule has 0 saturated carbocycles. The first kappa shape index (κ1) is 15.8. The molecule has 1 atom stereocenters. The lowest BCUT2D eigenvalue weighted by Gasteiger charge is -2.32. The highest BCUT2D eigenvalue weighted by atomic mass is 16.5. The number of methoxy groups -OCH3 is 1. The van der Waals surface area contributed by atoms with Crippen molar-refractivity contribution in [1.82, 2.24) is 10.2 Å². The third-order valence-corrected chi connectivity index (χ3v) is 3.35. The SMILES string of the molecule is COCCCCCNC(=O)N1CCCCC1C(=O)O. The first-order valence-corrected chi connectivity index (χ1v) is 6.93. The third kappa shape index (κ3) is 5.46. The van der Waals surface area contributed by atoms with E-state index in [2.05, 4.69) is 5.32 Å². The van der Waals surface area contributed by atoms with Gasteiger partial charge in [-0.1, -0.05) is 0 Å². The van der Waals surface area contributed by atoms with E-state index in [4.69, 9.17) is 9.84 Å². The minimum absolute atomic E-state index is 0.251. The molecule has 110 valence electrons. The van der Waals surface area contributed by atoms with Crippen molar-refractivity contribution in [3.8, 4) is 0 Å². The molecule has 1 rings (SSSR count). The molecule has 1 saturated heterocycles. The van der Waals surface area contributed by atoms with Gasteiger partial charge in [0.05, 0.1) is 0 Å². The number of unbranched alkanes of at least 4 members (excludes halogenated alkanes) is 2. The van der Waals surface area contributed by atoms with Gasteiger partial charge in [0, 0.05) is 26.8 Å². The van der Waals surface area contributed by atoms with Crippen LogP contribution in [0.4, 0.5) is 4.79 Å². The summed E-state index contributed by atoms with van der Waals surface area (Å²) >= 11 is 0. The van der Waals surface area contributed by atoms with Crippen LogP contribution in [-0.2, 0) is 9.53 Å². The smallest absolute Gasteiger partial charge is 0.326 e. The lowest BCUT2D eigenvalue weighted by Crippen LogP contribution is -2.52. The van der Waals surface area contributed by atoms with Crippen molar-refractivity contribution in [3.05, 3.63) is 0 Å². The minimum atomic E-state index is -0.907. The standard InChI is InChI=1S/C13H24N2O4/c1-19-10-6-2-4-8-14-13(18)15-9-5-3-7-11(15)12(16)17/h11H,2-10H2,1H3,(H,14,18)(H,16,17). The van der Waals surface area contributed by atoms with E-state index in [1.807, 2.05) is 0 Å². The zero-order valence-electron chi connectivity index (χ0n) is 11.6.